The summed E-state index contributed by atoms with van der Waals surface area (Å²) < 4.78 is 66.2. The predicted molar refractivity (Wildman–Crippen MR) is 90.6 cm³/mol. The summed E-state index contributed by atoms with van der Waals surface area (Å²) >= 11 is 0. The number of carbonyl (C=O) groups is 2. The lowest BCUT2D eigenvalue weighted by Gasteiger charge is -2.13. The van der Waals surface area contributed by atoms with Crippen molar-refractivity contribution >= 4 is 37.5 Å². The van der Waals surface area contributed by atoms with E-state index >= 15 is 0 Å². The molecule has 0 saturated carbocycles. The maximum absolute atomic E-state index is 14.1. The summed E-state index contributed by atoms with van der Waals surface area (Å²) in [7, 11) is -6.79. The molecule has 2 N–H and O–H groups in total. The summed E-state index contributed by atoms with van der Waals surface area (Å²) in [6.07, 6.45) is 0.00185. The molecule has 144 valence electrons. The zero-order valence-electron chi connectivity index (χ0n) is 14.0. The number of sulfonamides is 2. The van der Waals surface area contributed by atoms with E-state index in [9.17, 15) is 30.8 Å². The molecule has 1 aliphatic heterocycles. The van der Waals surface area contributed by atoms with Crippen LogP contribution in [-0.4, -0.2) is 52.4 Å². The van der Waals surface area contributed by atoms with Crippen LogP contribution in [0.5, 0.6) is 0 Å². The normalized spacial score (nSPS) is 18.4. The highest BCUT2D eigenvalue weighted by molar-refractivity contribution is 7.92. The van der Waals surface area contributed by atoms with Crippen molar-refractivity contribution in [1.29, 1.82) is 0 Å². The van der Waals surface area contributed by atoms with Gasteiger partial charge in [0.25, 0.3) is 0 Å². The molecule has 1 heterocycles. The molecular formula is C14H18FN3O6S2. The molecule has 1 aromatic carbocycles. The van der Waals surface area contributed by atoms with E-state index in [2.05, 4.69) is 4.72 Å². The lowest BCUT2D eigenvalue weighted by atomic mass is 10.3. The number of nitrogens with one attached hydrogen (secondary N) is 2. The molecule has 2 rings (SSSR count). The second-order valence-corrected chi connectivity index (χ2v) is 9.29. The lowest BCUT2D eigenvalue weighted by Crippen LogP contribution is -2.40. The van der Waals surface area contributed by atoms with E-state index < -0.39 is 48.6 Å². The Morgan fingerprint density at radius 1 is 1.23 bits per heavy atom. The third-order valence-electron chi connectivity index (χ3n) is 3.67. The minimum absolute atomic E-state index is 0.209. The van der Waals surface area contributed by atoms with Gasteiger partial charge in [0.2, 0.25) is 31.9 Å². The molecule has 1 saturated heterocycles. The largest absolute Gasteiger partial charge is 0.284 e. The van der Waals surface area contributed by atoms with Gasteiger partial charge in [0.15, 0.2) is 0 Å². The van der Waals surface area contributed by atoms with Crippen molar-refractivity contribution in [2.24, 2.45) is 0 Å². The molecule has 12 heteroatoms. The third-order valence-corrected chi connectivity index (χ3v) is 6.61. The molecule has 0 aromatic heterocycles. The molecular weight excluding hydrogens is 389 g/mol. The van der Waals surface area contributed by atoms with Gasteiger partial charge in [-0.1, -0.05) is 6.92 Å². The van der Waals surface area contributed by atoms with E-state index in [0.717, 1.165) is 17.0 Å². The van der Waals surface area contributed by atoms with Crippen LogP contribution in [0, 0.1) is 5.82 Å². The maximum Gasteiger partial charge on any atom is 0.247 e. The summed E-state index contributed by atoms with van der Waals surface area (Å²) in [6, 6.07) is 1.35. The number of imide groups is 1. The molecule has 1 aliphatic rings. The zero-order valence-corrected chi connectivity index (χ0v) is 15.7. The number of benzene rings is 1. The minimum Gasteiger partial charge on any atom is -0.284 e. The van der Waals surface area contributed by atoms with Crippen molar-refractivity contribution in [3.05, 3.63) is 24.0 Å². The van der Waals surface area contributed by atoms with Crippen LogP contribution in [0.25, 0.3) is 0 Å². The highest BCUT2D eigenvalue weighted by atomic mass is 32.2. The Morgan fingerprint density at radius 2 is 1.88 bits per heavy atom. The second kappa shape index (κ2) is 7.29. The molecule has 0 aliphatic carbocycles. The first-order valence-corrected chi connectivity index (χ1v) is 10.7. The van der Waals surface area contributed by atoms with Gasteiger partial charge in [0.1, 0.15) is 11.9 Å². The first-order valence-electron chi connectivity index (χ1n) is 7.59. The van der Waals surface area contributed by atoms with Crippen LogP contribution < -0.4 is 9.44 Å². The molecule has 0 bridgehead atoms. The molecule has 2 amide bonds. The van der Waals surface area contributed by atoms with Crippen LogP contribution in [0.15, 0.2) is 23.1 Å². The second-order valence-electron chi connectivity index (χ2n) is 5.73. The Hall–Kier alpha value is -2.05. The van der Waals surface area contributed by atoms with Crippen molar-refractivity contribution in [2.45, 2.75) is 30.7 Å². The number of amides is 2. The number of hydrogen-bond donors (Lipinski definition) is 2. The molecule has 1 atom stereocenters. The van der Waals surface area contributed by atoms with Crippen LogP contribution >= 0.6 is 0 Å². The number of halogens is 1. The van der Waals surface area contributed by atoms with E-state index in [1.54, 1.807) is 6.92 Å². The Balaban J connectivity index is 2.22. The smallest absolute Gasteiger partial charge is 0.247 e. The number of likely N-dealkylation sites (tertiary alicyclic amines) is 1. The van der Waals surface area contributed by atoms with Gasteiger partial charge in [-0.2, -0.15) is 4.72 Å². The number of carbonyl (C=O) groups excluding carboxylic acids is 2. The molecule has 0 unspecified atom stereocenters. The monoisotopic (exact) mass is 407 g/mol. The van der Waals surface area contributed by atoms with E-state index in [0.29, 0.717) is 12.5 Å². The standard InChI is InChI=1S/C14H18FN3O6S2/c1-3-6-25(21,22)16-11-5-4-9(7-10(11)15)26(23,24)17-12-8-13(19)18(2)14(12)20/h4-5,7,12,16-17H,3,6,8H2,1-2H3/t12-/m1/s1. The molecule has 1 aromatic rings. The van der Waals surface area contributed by atoms with E-state index in [4.69, 9.17) is 0 Å². The minimum atomic E-state index is -4.28. The fraction of sp³-hybridized carbons (Fsp3) is 0.429. The summed E-state index contributed by atoms with van der Waals surface area (Å²) in [4.78, 5) is 23.5. The Bertz CT molecular complexity index is 945. The van der Waals surface area contributed by atoms with Gasteiger partial charge in [-0.05, 0) is 24.6 Å². The topological polar surface area (TPSA) is 130 Å². The molecule has 0 spiro atoms. The first-order chi connectivity index (χ1) is 12.0. The lowest BCUT2D eigenvalue weighted by molar-refractivity contribution is -0.137. The van der Waals surface area contributed by atoms with Crippen LogP contribution in [0.1, 0.15) is 19.8 Å². The van der Waals surface area contributed by atoms with Crippen molar-refractivity contribution in [3.8, 4) is 0 Å². The highest BCUT2D eigenvalue weighted by Gasteiger charge is 2.38. The molecule has 0 radical (unpaired) electrons. The SMILES string of the molecule is CCCS(=O)(=O)Nc1ccc(S(=O)(=O)N[C@@H]2CC(=O)N(C)C2=O)cc1F. The number of nitrogens with zero attached hydrogens (tertiary/aromatic N) is 1. The molecule has 9 nitrogen and oxygen atoms in total. The average Bonchev–Trinajstić information content (AvgIpc) is 2.75. The number of rotatable bonds is 7. The van der Waals surface area contributed by atoms with Crippen molar-refractivity contribution in [3.63, 3.8) is 0 Å². The van der Waals surface area contributed by atoms with Gasteiger partial charge in [-0.25, -0.2) is 21.2 Å². The average molecular weight is 407 g/mol. The summed E-state index contributed by atoms with van der Waals surface area (Å²) in [6.45, 7) is 1.64. The van der Waals surface area contributed by atoms with Gasteiger partial charge in [0, 0.05) is 7.05 Å². The van der Waals surface area contributed by atoms with E-state index in [-0.39, 0.29) is 17.9 Å². The highest BCUT2D eigenvalue weighted by Crippen LogP contribution is 2.21. The van der Waals surface area contributed by atoms with Crippen molar-refractivity contribution in [1.82, 2.24) is 9.62 Å². The quantitative estimate of drug-likeness (QED) is 0.613. The Morgan fingerprint density at radius 3 is 2.38 bits per heavy atom. The van der Waals surface area contributed by atoms with E-state index in [1.165, 1.54) is 7.05 Å². The Labute approximate surface area is 150 Å². The number of likely N-dealkylation sites (N-methyl/N-ethyl adjacent to an activating group) is 1. The fourth-order valence-corrected chi connectivity index (χ4v) is 4.68. The number of hydrogen-bond acceptors (Lipinski definition) is 6. The van der Waals surface area contributed by atoms with Gasteiger partial charge < -0.3 is 0 Å². The summed E-state index contributed by atoms with van der Waals surface area (Å²) in [5.41, 5.74) is -0.385. The zero-order chi connectivity index (χ0) is 19.7. The van der Waals surface area contributed by atoms with Crippen LogP contribution in [0.4, 0.5) is 10.1 Å². The molecule has 1 fully saturated rings. The Kier molecular flexibility index (Phi) is 5.68. The molecule has 26 heavy (non-hydrogen) atoms. The van der Waals surface area contributed by atoms with Gasteiger partial charge in [-0.15, -0.1) is 0 Å². The van der Waals surface area contributed by atoms with Crippen LogP contribution in [0.2, 0.25) is 0 Å². The maximum atomic E-state index is 14.1. The van der Waals surface area contributed by atoms with Gasteiger partial charge >= 0.3 is 0 Å². The van der Waals surface area contributed by atoms with E-state index in [1.807, 2.05) is 4.72 Å². The number of anilines is 1. The summed E-state index contributed by atoms with van der Waals surface area (Å²) in [5, 5.41) is 0. The van der Waals surface area contributed by atoms with Gasteiger partial charge in [-0.3, -0.25) is 19.2 Å². The van der Waals surface area contributed by atoms with Crippen molar-refractivity contribution in [2.75, 3.05) is 17.5 Å². The van der Waals surface area contributed by atoms with Crippen molar-refractivity contribution < 1.29 is 30.8 Å². The van der Waals surface area contributed by atoms with Crippen LogP contribution in [0.3, 0.4) is 0 Å². The fourth-order valence-electron chi connectivity index (χ4n) is 2.34. The summed E-state index contributed by atoms with van der Waals surface area (Å²) in [5.74, 6) is -2.53. The predicted octanol–water partition coefficient (Wildman–Crippen LogP) is 0.0130. The first kappa shape index (κ1) is 20.3. The van der Waals surface area contributed by atoms with Gasteiger partial charge in [0.05, 0.1) is 22.8 Å². The van der Waals surface area contributed by atoms with Crippen LogP contribution in [-0.2, 0) is 29.6 Å². The third kappa shape index (κ3) is 4.37.